The minimum absolute atomic E-state index is 0.172. The van der Waals surface area contributed by atoms with Gasteiger partial charge in [0.1, 0.15) is 6.61 Å². The Morgan fingerprint density at radius 2 is 1.79 bits per heavy atom. The van der Waals surface area contributed by atoms with E-state index in [-0.39, 0.29) is 12.5 Å². The zero-order chi connectivity index (χ0) is 18.9. The highest BCUT2D eigenvalue weighted by molar-refractivity contribution is 7.14. The fourth-order valence-electron chi connectivity index (χ4n) is 3.15. The minimum atomic E-state index is -0.706. The van der Waals surface area contributed by atoms with Gasteiger partial charge in [0.2, 0.25) is 6.10 Å². The Kier molecular flexibility index (Phi) is 4.18. The molecule has 6 heteroatoms. The standard InChI is InChI=1S/C22H16N2O3S/c25-21(20-12-26-18-7-3-4-8-19(18)27-20)24-22-23-17(13-28-22)16-10-9-14-5-1-2-6-15(14)11-16/h1-11,13,20H,12H2,(H,23,24,25)/t20-/m0/s1. The Labute approximate surface area is 165 Å². The van der Waals surface area contributed by atoms with Crippen LogP contribution in [0.5, 0.6) is 11.5 Å². The maximum absolute atomic E-state index is 12.5. The maximum atomic E-state index is 12.5. The van der Waals surface area contributed by atoms with E-state index in [4.69, 9.17) is 9.47 Å². The molecule has 0 bridgehead atoms. The summed E-state index contributed by atoms with van der Waals surface area (Å²) in [6.07, 6.45) is -0.706. The molecule has 1 aliphatic rings. The van der Waals surface area contributed by atoms with Crippen molar-refractivity contribution in [2.45, 2.75) is 6.10 Å². The Morgan fingerprint density at radius 3 is 2.68 bits per heavy atom. The molecule has 28 heavy (non-hydrogen) atoms. The van der Waals surface area contributed by atoms with Crippen LogP contribution in [0.1, 0.15) is 0 Å². The summed E-state index contributed by atoms with van der Waals surface area (Å²) < 4.78 is 11.4. The fraction of sp³-hybridized carbons (Fsp3) is 0.0909. The number of carbonyl (C=O) groups is 1. The van der Waals surface area contributed by atoms with Gasteiger partial charge >= 0.3 is 0 Å². The number of nitrogens with zero attached hydrogens (tertiary/aromatic N) is 1. The van der Waals surface area contributed by atoms with E-state index in [2.05, 4.69) is 34.6 Å². The van der Waals surface area contributed by atoms with Crippen molar-refractivity contribution in [2.24, 2.45) is 0 Å². The minimum Gasteiger partial charge on any atom is -0.485 e. The molecule has 0 spiro atoms. The molecule has 1 aromatic heterocycles. The SMILES string of the molecule is O=C(Nc1nc(-c2ccc3ccccc3c2)cs1)[C@@H]1COc2ccccc2O1. The zero-order valence-electron chi connectivity index (χ0n) is 14.8. The van der Waals surface area contributed by atoms with Gasteiger partial charge in [-0.05, 0) is 29.0 Å². The summed E-state index contributed by atoms with van der Waals surface area (Å²) in [5.41, 5.74) is 1.85. The molecule has 4 aromatic rings. The number of ether oxygens (including phenoxy) is 2. The highest BCUT2D eigenvalue weighted by atomic mass is 32.1. The first-order chi connectivity index (χ1) is 13.8. The number of amides is 1. The third-order valence-electron chi connectivity index (χ3n) is 4.58. The number of benzene rings is 3. The molecule has 1 N–H and O–H groups in total. The fourth-order valence-corrected chi connectivity index (χ4v) is 3.87. The summed E-state index contributed by atoms with van der Waals surface area (Å²) in [4.78, 5) is 17.1. The first-order valence-electron chi connectivity index (χ1n) is 8.90. The molecule has 1 aliphatic heterocycles. The van der Waals surface area contributed by atoms with E-state index in [0.717, 1.165) is 16.6 Å². The average Bonchev–Trinajstić information content (AvgIpc) is 3.21. The van der Waals surface area contributed by atoms with Crippen LogP contribution in [0, 0.1) is 0 Å². The van der Waals surface area contributed by atoms with Crippen molar-refractivity contribution in [3.05, 3.63) is 72.1 Å². The van der Waals surface area contributed by atoms with Crippen LogP contribution in [-0.2, 0) is 4.79 Å². The lowest BCUT2D eigenvalue weighted by Gasteiger charge is -2.25. The quantitative estimate of drug-likeness (QED) is 0.551. The first-order valence-corrected chi connectivity index (χ1v) is 9.78. The van der Waals surface area contributed by atoms with Crippen LogP contribution in [0.25, 0.3) is 22.0 Å². The van der Waals surface area contributed by atoms with E-state index >= 15 is 0 Å². The third kappa shape index (κ3) is 3.18. The van der Waals surface area contributed by atoms with Crippen LogP contribution in [0.2, 0.25) is 0 Å². The zero-order valence-corrected chi connectivity index (χ0v) is 15.6. The average molecular weight is 388 g/mol. The number of hydrogen-bond donors (Lipinski definition) is 1. The number of hydrogen-bond acceptors (Lipinski definition) is 5. The van der Waals surface area contributed by atoms with Crippen LogP contribution < -0.4 is 14.8 Å². The molecular weight excluding hydrogens is 372 g/mol. The number of fused-ring (bicyclic) bond motifs is 2. The molecule has 0 aliphatic carbocycles. The van der Waals surface area contributed by atoms with Crippen molar-refractivity contribution in [3.8, 4) is 22.8 Å². The number of rotatable bonds is 3. The smallest absolute Gasteiger partial charge is 0.270 e. The van der Waals surface area contributed by atoms with Crippen molar-refractivity contribution in [1.82, 2.24) is 4.98 Å². The van der Waals surface area contributed by atoms with Gasteiger partial charge in [-0.15, -0.1) is 11.3 Å². The van der Waals surface area contributed by atoms with Gasteiger partial charge in [-0.2, -0.15) is 0 Å². The van der Waals surface area contributed by atoms with Crippen molar-refractivity contribution in [1.29, 1.82) is 0 Å². The van der Waals surface area contributed by atoms with Gasteiger partial charge in [-0.3, -0.25) is 10.1 Å². The molecule has 1 atom stereocenters. The van der Waals surface area contributed by atoms with Crippen molar-refractivity contribution >= 4 is 33.1 Å². The van der Waals surface area contributed by atoms with Gasteiger partial charge in [0.25, 0.3) is 5.91 Å². The van der Waals surface area contributed by atoms with Crippen molar-refractivity contribution < 1.29 is 14.3 Å². The number of anilines is 1. The van der Waals surface area contributed by atoms with Crippen LogP contribution in [-0.4, -0.2) is 23.6 Å². The largest absolute Gasteiger partial charge is 0.485 e. The summed E-state index contributed by atoms with van der Waals surface area (Å²) in [5.74, 6) is 0.957. The highest BCUT2D eigenvalue weighted by Crippen LogP contribution is 2.32. The van der Waals surface area contributed by atoms with Gasteiger partial charge in [0.05, 0.1) is 5.69 Å². The van der Waals surface area contributed by atoms with Crippen molar-refractivity contribution in [2.75, 3.05) is 11.9 Å². The highest BCUT2D eigenvalue weighted by Gasteiger charge is 2.27. The summed E-state index contributed by atoms with van der Waals surface area (Å²) in [6.45, 7) is 0.172. The lowest BCUT2D eigenvalue weighted by Crippen LogP contribution is -2.40. The monoisotopic (exact) mass is 388 g/mol. The Bertz CT molecular complexity index is 1170. The summed E-state index contributed by atoms with van der Waals surface area (Å²) in [5, 5.41) is 7.65. The second-order valence-electron chi connectivity index (χ2n) is 6.45. The molecular formula is C22H16N2O3S. The van der Waals surface area contributed by atoms with E-state index in [0.29, 0.717) is 16.6 Å². The lowest BCUT2D eigenvalue weighted by atomic mass is 10.1. The number of nitrogens with one attached hydrogen (secondary N) is 1. The number of aromatic nitrogens is 1. The van der Waals surface area contributed by atoms with E-state index in [1.807, 2.05) is 41.8 Å². The number of para-hydroxylation sites is 2. The number of thiazole rings is 1. The van der Waals surface area contributed by atoms with E-state index in [1.54, 1.807) is 6.07 Å². The van der Waals surface area contributed by atoms with Gasteiger partial charge < -0.3 is 9.47 Å². The molecule has 138 valence electrons. The third-order valence-corrected chi connectivity index (χ3v) is 5.34. The molecule has 5 nitrogen and oxygen atoms in total. The van der Waals surface area contributed by atoms with Crippen LogP contribution in [0.4, 0.5) is 5.13 Å². The molecule has 0 saturated carbocycles. The van der Waals surface area contributed by atoms with E-state index in [9.17, 15) is 4.79 Å². The molecule has 0 radical (unpaired) electrons. The second-order valence-corrected chi connectivity index (χ2v) is 7.31. The molecule has 5 rings (SSSR count). The predicted octanol–water partition coefficient (Wildman–Crippen LogP) is 4.74. The second kappa shape index (κ2) is 6.98. The van der Waals surface area contributed by atoms with Gasteiger partial charge in [0.15, 0.2) is 16.6 Å². The molecule has 3 aromatic carbocycles. The lowest BCUT2D eigenvalue weighted by molar-refractivity contribution is -0.125. The summed E-state index contributed by atoms with van der Waals surface area (Å²) in [6, 6.07) is 21.7. The van der Waals surface area contributed by atoms with Gasteiger partial charge in [0, 0.05) is 10.9 Å². The Morgan fingerprint density at radius 1 is 1.00 bits per heavy atom. The Balaban J connectivity index is 1.31. The maximum Gasteiger partial charge on any atom is 0.270 e. The topological polar surface area (TPSA) is 60.5 Å². The summed E-state index contributed by atoms with van der Waals surface area (Å²) in [7, 11) is 0. The normalized spacial score (nSPS) is 15.4. The summed E-state index contributed by atoms with van der Waals surface area (Å²) >= 11 is 1.39. The van der Waals surface area contributed by atoms with E-state index in [1.165, 1.54) is 16.7 Å². The predicted molar refractivity (Wildman–Crippen MR) is 110 cm³/mol. The number of carbonyl (C=O) groups excluding carboxylic acids is 1. The van der Waals surface area contributed by atoms with Crippen LogP contribution >= 0.6 is 11.3 Å². The molecule has 1 amide bonds. The van der Waals surface area contributed by atoms with E-state index < -0.39 is 6.10 Å². The Hall–Kier alpha value is -3.38. The first kappa shape index (κ1) is 16.8. The van der Waals surface area contributed by atoms with Gasteiger partial charge in [-0.25, -0.2) is 4.98 Å². The molecule has 0 saturated heterocycles. The van der Waals surface area contributed by atoms with Crippen LogP contribution in [0.3, 0.4) is 0 Å². The van der Waals surface area contributed by atoms with Gasteiger partial charge in [-0.1, -0.05) is 48.5 Å². The van der Waals surface area contributed by atoms with Crippen LogP contribution in [0.15, 0.2) is 72.1 Å². The molecule has 0 unspecified atom stereocenters. The molecule has 2 heterocycles. The van der Waals surface area contributed by atoms with Crippen molar-refractivity contribution in [3.63, 3.8) is 0 Å². The molecule has 0 fully saturated rings.